The summed E-state index contributed by atoms with van der Waals surface area (Å²) in [6.45, 7) is 5.24. The molecule has 0 unspecified atom stereocenters. The van der Waals surface area contributed by atoms with Gasteiger partial charge < -0.3 is 20.3 Å². The molecule has 0 spiro atoms. The Hall–Kier alpha value is -0.650. The molecule has 0 aromatic rings. The monoisotopic (exact) mass is 193 g/mol. The Bertz CT molecular complexity index is 82.2. The second kappa shape index (κ2) is 17.4. The van der Waals surface area contributed by atoms with Gasteiger partial charge in [-0.25, -0.2) is 0 Å². The van der Waals surface area contributed by atoms with Crippen LogP contribution >= 0.6 is 0 Å². The summed E-state index contributed by atoms with van der Waals surface area (Å²) in [7, 11) is 0. The van der Waals surface area contributed by atoms with Crippen LogP contribution < -0.4 is 5.73 Å². The molecule has 0 amide bonds. The number of carbonyl (C=O) groups is 1. The second-order valence-corrected chi connectivity index (χ2v) is 2.12. The van der Waals surface area contributed by atoms with Gasteiger partial charge in [0.05, 0.1) is 19.8 Å². The summed E-state index contributed by atoms with van der Waals surface area (Å²) < 4.78 is 10.2. The lowest BCUT2D eigenvalue weighted by atomic mass is 10.5. The van der Waals surface area contributed by atoms with Gasteiger partial charge in [0.1, 0.15) is 0 Å². The van der Waals surface area contributed by atoms with Gasteiger partial charge in [-0.05, 0) is 6.42 Å². The normalized spacial score (nSPS) is 8.77. The number of carboxylic acid groups (broad SMARTS) is 1. The molecule has 3 N–H and O–H groups in total. The first-order chi connectivity index (χ1) is 6.33. The molecule has 0 aromatic heterocycles. The summed E-state index contributed by atoms with van der Waals surface area (Å²) in [6, 6.07) is 0. The van der Waals surface area contributed by atoms with Crippen LogP contribution in [0.25, 0.3) is 0 Å². The minimum absolute atomic E-state index is 0.250. The average Bonchev–Trinajstić information content (AvgIpc) is 2.13. The van der Waals surface area contributed by atoms with E-state index < -0.39 is 0 Å². The predicted molar refractivity (Wildman–Crippen MR) is 49.7 cm³/mol. The van der Waals surface area contributed by atoms with Crippen LogP contribution in [0.4, 0.5) is 0 Å². The molecule has 0 saturated carbocycles. The SMILES string of the molecule is CCCOCCOCCN.O=CO. The third kappa shape index (κ3) is 24.6. The first-order valence-electron chi connectivity index (χ1n) is 4.26. The molecule has 0 bridgehead atoms. The zero-order valence-electron chi connectivity index (χ0n) is 8.07. The first kappa shape index (κ1) is 14.9. The number of hydrogen-bond donors (Lipinski definition) is 2. The van der Waals surface area contributed by atoms with E-state index in [1.807, 2.05) is 0 Å². The van der Waals surface area contributed by atoms with E-state index in [0.29, 0.717) is 26.4 Å². The maximum Gasteiger partial charge on any atom is 0.290 e. The molecular weight excluding hydrogens is 174 g/mol. The third-order valence-electron chi connectivity index (χ3n) is 0.983. The van der Waals surface area contributed by atoms with Gasteiger partial charge in [-0.3, -0.25) is 4.79 Å². The van der Waals surface area contributed by atoms with E-state index in [2.05, 4.69) is 6.92 Å². The fraction of sp³-hybridized carbons (Fsp3) is 0.875. The molecule has 0 aliphatic carbocycles. The highest BCUT2D eigenvalue weighted by Crippen LogP contribution is 1.80. The van der Waals surface area contributed by atoms with Crippen LogP contribution in [-0.2, 0) is 14.3 Å². The van der Waals surface area contributed by atoms with E-state index in [1.54, 1.807) is 0 Å². The van der Waals surface area contributed by atoms with Gasteiger partial charge >= 0.3 is 0 Å². The molecule has 5 nitrogen and oxygen atoms in total. The molecular formula is C8H19NO4. The summed E-state index contributed by atoms with van der Waals surface area (Å²) in [5.74, 6) is 0. The van der Waals surface area contributed by atoms with Crippen molar-refractivity contribution >= 4 is 6.47 Å². The van der Waals surface area contributed by atoms with E-state index in [1.165, 1.54) is 0 Å². The summed E-state index contributed by atoms with van der Waals surface area (Å²) >= 11 is 0. The number of ether oxygens (including phenoxy) is 2. The molecule has 80 valence electrons. The molecule has 13 heavy (non-hydrogen) atoms. The lowest BCUT2D eigenvalue weighted by Crippen LogP contribution is -2.12. The molecule has 0 radical (unpaired) electrons. The molecule has 0 atom stereocenters. The maximum absolute atomic E-state index is 8.36. The average molecular weight is 193 g/mol. The van der Waals surface area contributed by atoms with Crippen LogP contribution in [0.3, 0.4) is 0 Å². The van der Waals surface area contributed by atoms with Crippen molar-refractivity contribution in [2.75, 3.05) is 33.0 Å². The van der Waals surface area contributed by atoms with Gasteiger partial charge in [-0.15, -0.1) is 0 Å². The lowest BCUT2D eigenvalue weighted by Gasteiger charge is -2.02. The van der Waals surface area contributed by atoms with Crippen LogP contribution in [0.1, 0.15) is 13.3 Å². The summed E-state index contributed by atoms with van der Waals surface area (Å²) in [5.41, 5.74) is 5.20. The number of hydrogen-bond acceptors (Lipinski definition) is 4. The number of rotatable bonds is 7. The van der Waals surface area contributed by atoms with Crippen molar-refractivity contribution in [1.29, 1.82) is 0 Å². The smallest absolute Gasteiger partial charge is 0.290 e. The fourth-order valence-corrected chi connectivity index (χ4v) is 0.550. The highest BCUT2D eigenvalue weighted by molar-refractivity contribution is 5.32. The number of nitrogens with two attached hydrogens (primary N) is 1. The van der Waals surface area contributed by atoms with Crippen LogP contribution in [0.2, 0.25) is 0 Å². The second-order valence-electron chi connectivity index (χ2n) is 2.12. The van der Waals surface area contributed by atoms with Crippen molar-refractivity contribution in [1.82, 2.24) is 0 Å². The Kier molecular flexibility index (Phi) is 19.9. The van der Waals surface area contributed by atoms with Crippen molar-refractivity contribution in [3.8, 4) is 0 Å². The Labute approximate surface area is 78.8 Å². The Morgan fingerprint density at radius 2 is 1.69 bits per heavy atom. The molecule has 0 aliphatic rings. The van der Waals surface area contributed by atoms with Crippen LogP contribution in [-0.4, -0.2) is 44.6 Å². The minimum Gasteiger partial charge on any atom is -0.483 e. The largest absolute Gasteiger partial charge is 0.483 e. The topological polar surface area (TPSA) is 81.8 Å². The Morgan fingerprint density at radius 1 is 1.23 bits per heavy atom. The van der Waals surface area contributed by atoms with E-state index in [4.69, 9.17) is 25.1 Å². The van der Waals surface area contributed by atoms with Crippen LogP contribution in [0.5, 0.6) is 0 Å². The van der Waals surface area contributed by atoms with Gasteiger partial charge in [0.15, 0.2) is 0 Å². The van der Waals surface area contributed by atoms with Gasteiger partial charge in [0.25, 0.3) is 6.47 Å². The lowest BCUT2D eigenvalue weighted by molar-refractivity contribution is -0.122. The molecule has 0 fully saturated rings. The van der Waals surface area contributed by atoms with Gasteiger partial charge in [0, 0.05) is 13.2 Å². The van der Waals surface area contributed by atoms with E-state index in [-0.39, 0.29) is 6.47 Å². The molecule has 0 aliphatic heterocycles. The minimum atomic E-state index is -0.250. The zero-order chi connectivity index (χ0) is 10.4. The van der Waals surface area contributed by atoms with Crippen molar-refractivity contribution < 1.29 is 19.4 Å². The molecule has 0 rings (SSSR count). The van der Waals surface area contributed by atoms with Crippen molar-refractivity contribution in [3.63, 3.8) is 0 Å². The van der Waals surface area contributed by atoms with Crippen molar-refractivity contribution in [2.45, 2.75) is 13.3 Å². The van der Waals surface area contributed by atoms with Crippen LogP contribution in [0, 0.1) is 0 Å². The summed E-state index contributed by atoms with van der Waals surface area (Å²) in [6.07, 6.45) is 1.07. The molecule has 0 aromatic carbocycles. The molecule has 0 heterocycles. The predicted octanol–water partition coefficient (Wildman–Crippen LogP) is 0.0891. The van der Waals surface area contributed by atoms with E-state index in [0.717, 1.165) is 13.0 Å². The standard InChI is InChI=1S/C7H17NO2.CH2O2/c1-2-4-9-6-7-10-5-3-8;2-1-3/h2-8H2,1H3;1H,(H,2,3). The Balaban J connectivity index is 0. The zero-order valence-corrected chi connectivity index (χ0v) is 8.07. The third-order valence-corrected chi connectivity index (χ3v) is 0.983. The fourth-order valence-electron chi connectivity index (χ4n) is 0.550. The quantitative estimate of drug-likeness (QED) is 0.442. The highest BCUT2D eigenvalue weighted by atomic mass is 16.5. The van der Waals surface area contributed by atoms with Crippen LogP contribution in [0.15, 0.2) is 0 Å². The Morgan fingerprint density at radius 3 is 2.08 bits per heavy atom. The van der Waals surface area contributed by atoms with Crippen molar-refractivity contribution in [3.05, 3.63) is 0 Å². The van der Waals surface area contributed by atoms with Gasteiger partial charge in [-0.2, -0.15) is 0 Å². The highest BCUT2D eigenvalue weighted by Gasteiger charge is 1.85. The van der Waals surface area contributed by atoms with E-state index in [9.17, 15) is 0 Å². The van der Waals surface area contributed by atoms with Gasteiger partial charge in [0.2, 0.25) is 0 Å². The van der Waals surface area contributed by atoms with E-state index >= 15 is 0 Å². The van der Waals surface area contributed by atoms with Gasteiger partial charge in [-0.1, -0.05) is 6.92 Å². The first-order valence-corrected chi connectivity index (χ1v) is 4.26. The summed E-state index contributed by atoms with van der Waals surface area (Å²) in [5, 5.41) is 6.89. The molecule has 5 heteroatoms. The van der Waals surface area contributed by atoms with Crippen molar-refractivity contribution in [2.24, 2.45) is 5.73 Å². The molecule has 0 saturated heterocycles. The maximum atomic E-state index is 8.36. The summed E-state index contributed by atoms with van der Waals surface area (Å²) in [4.78, 5) is 8.36.